The minimum atomic E-state index is -0.427. The van der Waals surface area contributed by atoms with Gasteiger partial charge < -0.3 is 14.5 Å². The van der Waals surface area contributed by atoms with Crippen LogP contribution in [0.2, 0.25) is 0 Å². The van der Waals surface area contributed by atoms with Crippen LogP contribution in [0.25, 0.3) is 10.2 Å². The van der Waals surface area contributed by atoms with Gasteiger partial charge >= 0.3 is 11.9 Å². The summed E-state index contributed by atoms with van der Waals surface area (Å²) in [5.74, 6) is -0.0968. The number of piperidine rings is 1. The largest absolute Gasteiger partial charge is 0.469 e. The molecule has 3 rings (SSSR count). The summed E-state index contributed by atoms with van der Waals surface area (Å²) >= 11 is 1.18. The zero-order chi connectivity index (χ0) is 19.6. The van der Waals surface area contributed by atoms with E-state index in [0.717, 1.165) is 25.9 Å². The van der Waals surface area contributed by atoms with Gasteiger partial charge in [-0.3, -0.25) is 14.5 Å². The molecule has 0 spiro atoms. The van der Waals surface area contributed by atoms with E-state index in [-0.39, 0.29) is 24.1 Å². The Morgan fingerprint density at radius 3 is 2.67 bits per heavy atom. The maximum Gasteiger partial charge on any atom is 0.348 e. The van der Waals surface area contributed by atoms with E-state index in [9.17, 15) is 14.4 Å². The maximum absolute atomic E-state index is 12.5. The molecule has 0 radical (unpaired) electrons. The monoisotopic (exact) mass is 393 g/mol. The summed E-state index contributed by atoms with van der Waals surface area (Å²) in [5, 5.41) is 0.441. The lowest BCUT2D eigenvalue weighted by Crippen LogP contribution is -2.37. The van der Waals surface area contributed by atoms with Crippen LogP contribution in [-0.2, 0) is 20.8 Å². The Morgan fingerprint density at radius 1 is 1.33 bits per heavy atom. The third-order valence-corrected chi connectivity index (χ3v) is 5.97. The molecule has 0 aromatic carbocycles. The highest BCUT2D eigenvalue weighted by Crippen LogP contribution is 2.28. The van der Waals surface area contributed by atoms with Gasteiger partial charge in [-0.2, -0.15) is 0 Å². The molecule has 1 aliphatic rings. The van der Waals surface area contributed by atoms with Crippen molar-refractivity contribution < 1.29 is 19.1 Å². The first-order chi connectivity index (χ1) is 12.9. The fraction of sp³-hybridized carbons (Fsp3) is 0.556. The molecule has 0 bridgehead atoms. The summed E-state index contributed by atoms with van der Waals surface area (Å²) in [7, 11) is 1.41. The van der Waals surface area contributed by atoms with E-state index in [2.05, 4.69) is 14.9 Å². The van der Waals surface area contributed by atoms with Crippen LogP contribution in [0.1, 0.15) is 40.8 Å². The maximum atomic E-state index is 12.5. The van der Waals surface area contributed by atoms with Crippen LogP contribution in [-0.4, -0.2) is 53.6 Å². The number of likely N-dealkylation sites (tertiary alicyclic amines) is 1. The molecule has 1 N–H and O–H groups in total. The van der Waals surface area contributed by atoms with Crippen molar-refractivity contribution >= 4 is 33.5 Å². The van der Waals surface area contributed by atoms with Crippen LogP contribution in [0.4, 0.5) is 0 Å². The Morgan fingerprint density at radius 2 is 2.04 bits per heavy atom. The summed E-state index contributed by atoms with van der Waals surface area (Å²) in [6.07, 6.45) is 1.45. The van der Waals surface area contributed by atoms with Gasteiger partial charge in [-0.25, -0.2) is 9.78 Å². The van der Waals surface area contributed by atoms with Crippen LogP contribution < -0.4 is 5.56 Å². The van der Waals surface area contributed by atoms with Crippen LogP contribution in [0.5, 0.6) is 0 Å². The third-order valence-electron chi connectivity index (χ3n) is 4.81. The van der Waals surface area contributed by atoms with Crippen molar-refractivity contribution in [2.24, 2.45) is 5.92 Å². The lowest BCUT2D eigenvalue weighted by atomic mass is 9.97. The molecule has 2 aromatic heterocycles. The number of thiophene rings is 1. The Balaban J connectivity index is 1.78. The van der Waals surface area contributed by atoms with Gasteiger partial charge in [0.1, 0.15) is 15.5 Å². The number of ether oxygens (including phenoxy) is 2. The molecule has 1 fully saturated rings. The Hall–Kier alpha value is -2.26. The molecule has 27 heavy (non-hydrogen) atoms. The Labute approximate surface area is 160 Å². The number of carbonyl (C=O) groups excluding carboxylic acids is 2. The number of rotatable bonds is 5. The molecule has 0 unspecified atom stereocenters. The minimum absolute atomic E-state index is 0.0622. The number of aromatic nitrogens is 2. The Bertz CT molecular complexity index is 912. The number of esters is 2. The minimum Gasteiger partial charge on any atom is -0.469 e. The summed E-state index contributed by atoms with van der Waals surface area (Å²) in [5.41, 5.74) is 0.358. The van der Waals surface area contributed by atoms with Gasteiger partial charge in [0, 0.05) is 0 Å². The van der Waals surface area contributed by atoms with E-state index in [4.69, 9.17) is 9.47 Å². The van der Waals surface area contributed by atoms with Gasteiger partial charge in [0.2, 0.25) is 0 Å². The number of hydrogen-bond acceptors (Lipinski definition) is 8. The van der Waals surface area contributed by atoms with E-state index in [1.807, 2.05) is 0 Å². The number of nitrogens with one attached hydrogen (secondary N) is 1. The molecule has 0 saturated carbocycles. The smallest absolute Gasteiger partial charge is 0.348 e. The molecule has 0 aliphatic carbocycles. The number of aryl methyl sites for hydroxylation is 1. The standard InChI is InChI=1S/C18H23N3O5S/c1-4-26-18(24)14-10(2)13-15(22)19-12(20-16(13)27-14)9-21-7-5-11(6-8-21)17(23)25-3/h11H,4-9H2,1-3H3,(H,19,20,22). The summed E-state index contributed by atoms with van der Waals surface area (Å²) in [4.78, 5) is 46.7. The molecule has 1 saturated heterocycles. The number of H-pyrrole nitrogens is 1. The SMILES string of the molecule is CCOC(=O)c1sc2nc(CN3CCC(C(=O)OC)CC3)[nH]c(=O)c2c1C. The van der Waals surface area contributed by atoms with E-state index >= 15 is 0 Å². The molecule has 1 aliphatic heterocycles. The summed E-state index contributed by atoms with van der Waals surface area (Å²) in [6.45, 7) is 5.72. The second-order valence-corrected chi connectivity index (χ2v) is 7.54. The summed E-state index contributed by atoms with van der Waals surface area (Å²) < 4.78 is 9.86. The second kappa shape index (κ2) is 8.18. The van der Waals surface area contributed by atoms with Crippen molar-refractivity contribution in [2.45, 2.75) is 33.2 Å². The molecule has 146 valence electrons. The average molecular weight is 393 g/mol. The number of carbonyl (C=O) groups is 2. The van der Waals surface area contributed by atoms with Gasteiger partial charge in [-0.1, -0.05) is 0 Å². The summed E-state index contributed by atoms with van der Waals surface area (Å²) in [6, 6.07) is 0. The third kappa shape index (κ3) is 4.03. The zero-order valence-electron chi connectivity index (χ0n) is 15.7. The highest BCUT2D eigenvalue weighted by atomic mass is 32.1. The van der Waals surface area contributed by atoms with Gasteiger partial charge in [0.15, 0.2) is 0 Å². The molecule has 8 nitrogen and oxygen atoms in total. The van der Waals surface area contributed by atoms with Crippen molar-refractivity contribution in [3.8, 4) is 0 Å². The van der Waals surface area contributed by atoms with E-state index < -0.39 is 5.97 Å². The zero-order valence-corrected chi connectivity index (χ0v) is 16.5. The lowest BCUT2D eigenvalue weighted by molar-refractivity contribution is -0.147. The fourth-order valence-electron chi connectivity index (χ4n) is 3.36. The first-order valence-corrected chi connectivity index (χ1v) is 9.75. The van der Waals surface area contributed by atoms with Crippen molar-refractivity contribution in [1.82, 2.24) is 14.9 Å². The van der Waals surface area contributed by atoms with Crippen LogP contribution >= 0.6 is 11.3 Å². The Kier molecular flexibility index (Phi) is 5.91. The van der Waals surface area contributed by atoms with Gasteiger partial charge in [-0.15, -0.1) is 11.3 Å². The second-order valence-electron chi connectivity index (χ2n) is 6.54. The molecule has 0 atom stereocenters. The number of methoxy groups -OCH3 is 1. The first kappa shape index (κ1) is 19.5. The van der Waals surface area contributed by atoms with Crippen molar-refractivity contribution in [2.75, 3.05) is 26.8 Å². The van der Waals surface area contributed by atoms with Crippen LogP contribution in [0, 0.1) is 12.8 Å². The van der Waals surface area contributed by atoms with E-state index in [0.29, 0.717) is 33.0 Å². The van der Waals surface area contributed by atoms with Crippen LogP contribution in [0.3, 0.4) is 0 Å². The van der Waals surface area contributed by atoms with E-state index in [1.54, 1.807) is 13.8 Å². The lowest BCUT2D eigenvalue weighted by Gasteiger charge is -2.30. The highest BCUT2D eigenvalue weighted by molar-refractivity contribution is 7.20. The average Bonchev–Trinajstić information content (AvgIpc) is 2.99. The highest BCUT2D eigenvalue weighted by Gasteiger charge is 2.26. The molecule has 3 heterocycles. The first-order valence-electron chi connectivity index (χ1n) is 8.94. The van der Waals surface area contributed by atoms with Crippen molar-refractivity contribution in [3.05, 3.63) is 26.6 Å². The van der Waals surface area contributed by atoms with Gasteiger partial charge in [0.05, 0.1) is 31.6 Å². The van der Waals surface area contributed by atoms with Gasteiger partial charge in [-0.05, 0) is 45.3 Å². The topological polar surface area (TPSA) is 102 Å². The predicted molar refractivity (Wildman–Crippen MR) is 101 cm³/mol. The number of fused-ring (bicyclic) bond motifs is 1. The fourth-order valence-corrected chi connectivity index (χ4v) is 4.45. The molecular weight excluding hydrogens is 370 g/mol. The molecule has 2 aromatic rings. The molecular formula is C18H23N3O5S. The number of aromatic amines is 1. The normalized spacial score (nSPS) is 15.8. The van der Waals surface area contributed by atoms with E-state index in [1.165, 1.54) is 18.4 Å². The molecule has 9 heteroatoms. The molecule has 0 amide bonds. The van der Waals surface area contributed by atoms with Gasteiger partial charge in [0.25, 0.3) is 5.56 Å². The predicted octanol–water partition coefficient (Wildman–Crippen LogP) is 1.85. The van der Waals surface area contributed by atoms with Crippen molar-refractivity contribution in [3.63, 3.8) is 0 Å². The van der Waals surface area contributed by atoms with Crippen LogP contribution in [0.15, 0.2) is 4.79 Å². The quantitative estimate of drug-likeness (QED) is 0.774. The number of nitrogens with zero attached hydrogens (tertiary/aromatic N) is 2. The van der Waals surface area contributed by atoms with Crippen molar-refractivity contribution in [1.29, 1.82) is 0 Å². The number of hydrogen-bond donors (Lipinski definition) is 1.